The predicted octanol–water partition coefficient (Wildman–Crippen LogP) is 2.62. The quantitative estimate of drug-likeness (QED) is 0.628. The number of nitrogen functional groups attached to an aromatic ring is 1. The SMILES string of the molecule is Nc1ccc(C(=O)OCC2CCCC2)cc1. The molecule has 0 heterocycles. The van der Waals surface area contributed by atoms with E-state index < -0.39 is 0 Å². The summed E-state index contributed by atoms with van der Waals surface area (Å²) in [6.45, 7) is 0.559. The third-order valence-electron chi connectivity index (χ3n) is 3.07. The van der Waals surface area contributed by atoms with E-state index in [4.69, 9.17) is 10.5 Å². The standard InChI is InChI=1S/C13H17NO2/c14-12-7-5-11(6-8-12)13(15)16-9-10-3-1-2-4-10/h5-8,10H,1-4,9,14H2. The predicted molar refractivity (Wildman–Crippen MR) is 63.1 cm³/mol. The molecule has 0 amide bonds. The highest BCUT2D eigenvalue weighted by molar-refractivity contribution is 5.89. The van der Waals surface area contributed by atoms with Crippen LogP contribution in [0.15, 0.2) is 24.3 Å². The normalized spacial score (nSPS) is 16.2. The maximum absolute atomic E-state index is 11.6. The summed E-state index contributed by atoms with van der Waals surface area (Å²) in [5.41, 5.74) is 6.78. The largest absolute Gasteiger partial charge is 0.462 e. The number of carbonyl (C=O) groups is 1. The minimum absolute atomic E-state index is 0.244. The van der Waals surface area contributed by atoms with Crippen LogP contribution in [0.3, 0.4) is 0 Å². The lowest BCUT2D eigenvalue weighted by Gasteiger charge is -2.09. The van der Waals surface area contributed by atoms with E-state index in [1.165, 1.54) is 25.7 Å². The molecule has 0 saturated heterocycles. The third kappa shape index (κ3) is 2.75. The minimum atomic E-state index is -0.244. The van der Waals surface area contributed by atoms with Crippen LogP contribution in [-0.4, -0.2) is 12.6 Å². The number of ether oxygens (including phenoxy) is 1. The molecule has 3 nitrogen and oxygen atoms in total. The summed E-state index contributed by atoms with van der Waals surface area (Å²) >= 11 is 0. The molecule has 0 aliphatic heterocycles. The van der Waals surface area contributed by atoms with Gasteiger partial charge in [0.2, 0.25) is 0 Å². The first-order chi connectivity index (χ1) is 7.75. The second-order valence-electron chi connectivity index (χ2n) is 4.37. The Morgan fingerprint density at radius 1 is 1.25 bits per heavy atom. The second kappa shape index (κ2) is 5.01. The summed E-state index contributed by atoms with van der Waals surface area (Å²) in [7, 11) is 0. The molecule has 1 aromatic carbocycles. The Bertz CT molecular complexity index is 353. The zero-order chi connectivity index (χ0) is 11.4. The highest BCUT2D eigenvalue weighted by Crippen LogP contribution is 2.25. The fourth-order valence-corrected chi connectivity index (χ4v) is 2.07. The number of carbonyl (C=O) groups excluding carboxylic acids is 1. The lowest BCUT2D eigenvalue weighted by Crippen LogP contribution is -2.12. The highest BCUT2D eigenvalue weighted by Gasteiger charge is 2.17. The van der Waals surface area contributed by atoms with Crippen LogP contribution in [-0.2, 0) is 4.74 Å². The van der Waals surface area contributed by atoms with Gasteiger partial charge >= 0.3 is 5.97 Å². The average Bonchev–Trinajstić information content (AvgIpc) is 2.80. The van der Waals surface area contributed by atoms with Crippen molar-refractivity contribution in [1.82, 2.24) is 0 Å². The van der Waals surface area contributed by atoms with Crippen molar-refractivity contribution in [3.63, 3.8) is 0 Å². The highest BCUT2D eigenvalue weighted by atomic mass is 16.5. The first-order valence-electron chi connectivity index (χ1n) is 5.78. The lowest BCUT2D eigenvalue weighted by atomic mass is 10.1. The van der Waals surface area contributed by atoms with Crippen molar-refractivity contribution >= 4 is 11.7 Å². The van der Waals surface area contributed by atoms with Crippen molar-refractivity contribution < 1.29 is 9.53 Å². The van der Waals surface area contributed by atoms with Gasteiger partial charge in [-0.3, -0.25) is 0 Å². The van der Waals surface area contributed by atoms with Crippen LogP contribution in [0.25, 0.3) is 0 Å². The van der Waals surface area contributed by atoms with Crippen LogP contribution in [0.2, 0.25) is 0 Å². The molecule has 2 N–H and O–H groups in total. The van der Waals surface area contributed by atoms with E-state index >= 15 is 0 Å². The Hall–Kier alpha value is -1.51. The molecule has 1 saturated carbocycles. The molecule has 3 heteroatoms. The van der Waals surface area contributed by atoms with E-state index in [-0.39, 0.29) is 5.97 Å². The zero-order valence-electron chi connectivity index (χ0n) is 9.32. The van der Waals surface area contributed by atoms with E-state index in [1.807, 2.05) is 0 Å². The average molecular weight is 219 g/mol. The van der Waals surface area contributed by atoms with Gasteiger partial charge in [0.05, 0.1) is 12.2 Å². The van der Waals surface area contributed by atoms with Crippen molar-refractivity contribution in [2.75, 3.05) is 12.3 Å². The third-order valence-corrected chi connectivity index (χ3v) is 3.07. The fraction of sp³-hybridized carbons (Fsp3) is 0.462. The molecule has 1 fully saturated rings. The van der Waals surface area contributed by atoms with Gasteiger partial charge in [-0.1, -0.05) is 12.8 Å². The molecular formula is C13H17NO2. The van der Waals surface area contributed by atoms with Gasteiger partial charge in [0.1, 0.15) is 0 Å². The molecule has 86 valence electrons. The van der Waals surface area contributed by atoms with E-state index in [1.54, 1.807) is 24.3 Å². The van der Waals surface area contributed by atoms with Crippen molar-refractivity contribution in [2.24, 2.45) is 5.92 Å². The summed E-state index contributed by atoms with van der Waals surface area (Å²) in [5, 5.41) is 0. The van der Waals surface area contributed by atoms with Gasteiger partial charge in [0.15, 0.2) is 0 Å². The van der Waals surface area contributed by atoms with Gasteiger partial charge in [-0.05, 0) is 43.0 Å². The molecule has 0 bridgehead atoms. The van der Waals surface area contributed by atoms with Crippen LogP contribution in [0, 0.1) is 5.92 Å². The molecule has 1 aliphatic carbocycles. The Balaban J connectivity index is 1.85. The molecule has 0 spiro atoms. The van der Waals surface area contributed by atoms with Crippen molar-refractivity contribution in [2.45, 2.75) is 25.7 Å². The minimum Gasteiger partial charge on any atom is -0.462 e. The number of hydrogen-bond acceptors (Lipinski definition) is 3. The summed E-state index contributed by atoms with van der Waals surface area (Å²) in [5.74, 6) is 0.324. The zero-order valence-corrected chi connectivity index (χ0v) is 9.32. The molecule has 1 aliphatic rings. The van der Waals surface area contributed by atoms with Gasteiger partial charge < -0.3 is 10.5 Å². The van der Waals surface area contributed by atoms with Gasteiger partial charge in [-0.25, -0.2) is 4.79 Å². The maximum Gasteiger partial charge on any atom is 0.338 e. The van der Waals surface area contributed by atoms with Crippen molar-refractivity contribution in [3.8, 4) is 0 Å². The maximum atomic E-state index is 11.6. The first kappa shape index (κ1) is 11.0. The van der Waals surface area contributed by atoms with Gasteiger partial charge in [-0.2, -0.15) is 0 Å². The molecule has 1 aromatic rings. The Morgan fingerprint density at radius 2 is 1.88 bits per heavy atom. The van der Waals surface area contributed by atoms with Crippen LogP contribution in [0.4, 0.5) is 5.69 Å². The Kier molecular flexibility index (Phi) is 3.44. The lowest BCUT2D eigenvalue weighted by molar-refractivity contribution is 0.0442. The monoisotopic (exact) mass is 219 g/mol. The van der Waals surface area contributed by atoms with Gasteiger partial charge in [0, 0.05) is 5.69 Å². The smallest absolute Gasteiger partial charge is 0.338 e. The molecule has 0 unspecified atom stereocenters. The van der Waals surface area contributed by atoms with Crippen LogP contribution >= 0.6 is 0 Å². The van der Waals surface area contributed by atoms with Crippen LogP contribution < -0.4 is 5.73 Å². The summed E-state index contributed by atoms with van der Waals surface area (Å²) in [6, 6.07) is 6.83. The molecule has 0 radical (unpaired) electrons. The van der Waals surface area contributed by atoms with Gasteiger partial charge in [0.25, 0.3) is 0 Å². The summed E-state index contributed by atoms with van der Waals surface area (Å²) in [4.78, 5) is 11.6. The number of hydrogen-bond donors (Lipinski definition) is 1. The van der Waals surface area contributed by atoms with Gasteiger partial charge in [-0.15, -0.1) is 0 Å². The molecule has 0 aromatic heterocycles. The fourth-order valence-electron chi connectivity index (χ4n) is 2.07. The number of nitrogens with two attached hydrogens (primary N) is 1. The van der Waals surface area contributed by atoms with Crippen molar-refractivity contribution in [3.05, 3.63) is 29.8 Å². The number of benzene rings is 1. The van der Waals surface area contributed by atoms with E-state index in [2.05, 4.69) is 0 Å². The Labute approximate surface area is 95.6 Å². The van der Waals surface area contributed by atoms with Crippen LogP contribution in [0.5, 0.6) is 0 Å². The molecule has 2 rings (SSSR count). The molecule has 0 atom stereocenters. The van der Waals surface area contributed by atoms with E-state index in [9.17, 15) is 4.79 Å². The first-order valence-corrected chi connectivity index (χ1v) is 5.78. The summed E-state index contributed by atoms with van der Waals surface area (Å²) in [6.07, 6.45) is 4.91. The second-order valence-corrected chi connectivity index (χ2v) is 4.37. The topological polar surface area (TPSA) is 52.3 Å². The van der Waals surface area contributed by atoms with E-state index in [0.29, 0.717) is 23.8 Å². The Morgan fingerprint density at radius 3 is 2.50 bits per heavy atom. The summed E-state index contributed by atoms with van der Waals surface area (Å²) < 4.78 is 5.27. The number of rotatable bonds is 3. The molecular weight excluding hydrogens is 202 g/mol. The number of anilines is 1. The van der Waals surface area contributed by atoms with Crippen molar-refractivity contribution in [1.29, 1.82) is 0 Å². The van der Waals surface area contributed by atoms with Crippen LogP contribution in [0.1, 0.15) is 36.0 Å². The number of esters is 1. The molecule has 16 heavy (non-hydrogen) atoms. The van der Waals surface area contributed by atoms with E-state index in [0.717, 1.165) is 0 Å².